The predicted octanol–water partition coefficient (Wildman–Crippen LogP) is 3.03. The Labute approximate surface area is 189 Å². The van der Waals surface area contributed by atoms with E-state index >= 15 is 0 Å². The summed E-state index contributed by atoms with van der Waals surface area (Å²) in [4.78, 5) is 32.1. The topological polar surface area (TPSA) is 137 Å². The minimum Gasteiger partial charge on any atom is -0.497 e. The summed E-state index contributed by atoms with van der Waals surface area (Å²) in [6, 6.07) is 12.2. The summed E-state index contributed by atoms with van der Waals surface area (Å²) < 4.78 is 12.7. The van der Waals surface area contributed by atoms with Crippen LogP contribution in [0.5, 0.6) is 11.5 Å². The highest BCUT2D eigenvalue weighted by molar-refractivity contribution is 6.03. The van der Waals surface area contributed by atoms with Crippen LogP contribution in [0.15, 0.2) is 42.5 Å². The molecule has 0 aliphatic heterocycles. The lowest BCUT2D eigenvalue weighted by Crippen LogP contribution is -2.18. The maximum absolute atomic E-state index is 12.8. The number of hydrogen-bond acceptors (Lipinski definition) is 6. The number of methoxy groups -OCH3 is 1. The number of aryl methyl sites for hydroxylation is 2. The number of aromatic amines is 1. The number of nitrogens with zero attached hydrogens (tertiary/aromatic N) is 3. The average Bonchev–Trinajstić information content (AvgIpc) is 3.40. The van der Waals surface area contributed by atoms with Crippen molar-refractivity contribution in [2.75, 3.05) is 12.4 Å². The highest BCUT2D eigenvalue weighted by Crippen LogP contribution is 2.28. The number of amides is 2. The molecule has 0 radical (unpaired) electrons. The van der Waals surface area contributed by atoms with Gasteiger partial charge in [-0.05, 0) is 49.7 Å². The molecule has 0 bridgehead atoms. The normalized spacial score (nSPS) is 10.9. The molecule has 10 heteroatoms. The SMILES string of the molecule is CCn1nc(C)cc1C(=O)Nc1nc2c(OCc3ccc(OC)cc3)cc(C(N)=O)cc2[nH]1. The van der Waals surface area contributed by atoms with Gasteiger partial charge in [-0.25, -0.2) is 4.98 Å². The first kappa shape index (κ1) is 21.9. The molecule has 0 spiro atoms. The Kier molecular flexibility index (Phi) is 5.99. The number of primary amides is 1. The fourth-order valence-electron chi connectivity index (χ4n) is 3.42. The molecule has 0 unspecified atom stereocenters. The van der Waals surface area contributed by atoms with E-state index in [9.17, 15) is 9.59 Å². The lowest BCUT2D eigenvalue weighted by atomic mass is 10.1. The molecule has 0 aliphatic rings. The highest BCUT2D eigenvalue weighted by Gasteiger charge is 2.18. The molecule has 2 aromatic carbocycles. The minimum atomic E-state index is -0.603. The number of nitrogens with two attached hydrogens (primary N) is 1. The highest BCUT2D eigenvalue weighted by atomic mass is 16.5. The molecular formula is C23H24N6O4. The Morgan fingerprint density at radius 3 is 2.61 bits per heavy atom. The Hall–Kier alpha value is -4.34. The molecule has 0 fully saturated rings. The van der Waals surface area contributed by atoms with Crippen LogP contribution in [-0.4, -0.2) is 38.7 Å². The van der Waals surface area contributed by atoms with Crippen LogP contribution < -0.4 is 20.5 Å². The third-order valence-electron chi connectivity index (χ3n) is 5.06. The van der Waals surface area contributed by atoms with E-state index in [0.717, 1.165) is 17.0 Å². The van der Waals surface area contributed by atoms with Gasteiger partial charge < -0.3 is 20.2 Å². The van der Waals surface area contributed by atoms with Crippen molar-refractivity contribution < 1.29 is 19.1 Å². The Morgan fingerprint density at radius 1 is 1.18 bits per heavy atom. The summed E-state index contributed by atoms with van der Waals surface area (Å²) in [6.45, 7) is 4.52. The van der Waals surface area contributed by atoms with Crippen molar-refractivity contribution >= 4 is 28.8 Å². The Morgan fingerprint density at radius 2 is 1.94 bits per heavy atom. The summed E-state index contributed by atoms with van der Waals surface area (Å²) in [5.74, 6) is 0.362. The van der Waals surface area contributed by atoms with Crippen molar-refractivity contribution in [1.29, 1.82) is 0 Å². The van der Waals surface area contributed by atoms with E-state index in [1.54, 1.807) is 23.9 Å². The maximum atomic E-state index is 12.8. The molecule has 2 heterocycles. The first-order valence-corrected chi connectivity index (χ1v) is 10.3. The molecule has 170 valence electrons. The maximum Gasteiger partial charge on any atom is 0.276 e. The molecular weight excluding hydrogens is 424 g/mol. The first-order chi connectivity index (χ1) is 15.9. The largest absolute Gasteiger partial charge is 0.497 e. The van der Waals surface area contributed by atoms with Crippen LogP contribution in [0.25, 0.3) is 11.0 Å². The number of benzene rings is 2. The van der Waals surface area contributed by atoms with Gasteiger partial charge in [0.25, 0.3) is 5.91 Å². The number of fused-ring (bicyclic) bond motifs is 1. The minimum absolute atomic E-state index is 0.215. The zero-order valence-electron chi connectivity index (χ0n) is 18.5. The van der Waals surface area contributed by atoms with E-state index in [1.165, 1.54) is 6.07 Å². The molecule has 2 aromatic heterocycles. The number of hydrogen-bond donors (Lipinski definition) is 3. The quantitative estimate of drug-likeness (QED) is 0.379. The summed E-state index contributed by atoms with van der Waals surface area (Å²) in [6.07, 6.45) is 0. The molecule has 4 N–H and O–H groups in total. The molecule has 0 aliphatic carbocycles. The van der Waals surface area contributed by atoms with Crippen molar-refractivity contribution in [3.05, 3.63) is 65.0 Å². The standard InChI is InChI=1S/C23H24N6O4/c1-4-29-18(9-13(2)28-29)22(31)27-23-25-17-10-15(21(24)30)11-19(20(17)26-23)33-12-14-5-7-16(32-3)8-6-14/h5-11H,4,12H2,1-3H3,(H2,24,30)(H2,25,26,27,31). The Balaban J connectivity index is 1.62. The fourth-order valence-corrected chi connectivity index (χ4v) is 3.42. The lowest BCUT2D eigenvalue weighted by molar-refractivity contribution is 0.0995. The molecule has 2 amide bonds. The third-order valence-corrected chi connectivity index (χ3v) is 5.06. The van der Waals surface area contributed by atoms with Gasteiger partial charge >= 0.3 is 0 Å². The van der Waals surface area contributed by atoms with E-state index in [0.29, 0.717) is 29.0 Å². The number of imidazole rings is 1. The molecule has 10 nitrogen and oxygen atoms in total. The van der Waals surface area contributed by atoms with Crippen molar-refractivity contribution in [3.8, 4) is 11.5 Å². The van der Waals surface area contributed by atoms with E-state index in [2.05, 4.69) is 20.4 Å². The molecule has 0 atom stereocenters. The lowest BCUT2D eigenvalue weighted by Gasteiger charge is -2.09. The summed E-state index contributed by atoms with van der Waals surface area (Å²) in [5.41, 5.74) is 8.78. The predicted molar refractivity (Wildman–Crippen MR) is 123 cm³/mol. The van der Waals surface area contributed by atoms with Crippen LogP contribution in [0.1, 0.15) is 39.0 Å². The van der Waals surface area contributed by atoms with Crippen molar-refractivity contribution in [2.24, 2.45) is 5.73 Å². The number of H-pyrrole nitrogens is 1. The monoisotopic (exact) mass is 448 g/mol. The number of carbonyl (C=O) groups is 2. The fraction of sp³-hybridized carbons (Fsp3) is 0.217. The molecule has 0 saturated heterocycles. The van der Waals surface area contributed by atoms with E-state index in [1.807, 2.05) is 38.1 Å². The second-order valence-electron chi connectivity index (χ2n) is 7.40. The van der Waals surface area contributed by atoms with Crippen LogP contribution in [0.3, 0.4) is 0 Å². The van der Waals surface area contributed by atoms with Crippen LogP contribution >= 0.6 is 0 Å². The number of nitrogens with one attached hydrogen (secondary N) is 2. The van der Waals surface area contributed by atoms with E-state index in [-0.39, 0.29) is 24.0 Å². The van der Waals surface area contributed by atoms with Gasteiger partial charge in [0.15, 0.2) is 0 Å². The van der Waals surface area contributed by atoms with Crippen LogP contribution in [0.2, 0.25) is 0 Å². The van der Waals surface area contributed by atoms with E-state index in [4.69, 9.17) is 15.2 Å². The summed E-state index contributed by atoms with van der Waals surface area (Å²) in [5, 5.41) is 7.04. The van der Waals surface area contributed by atoms with Crippen molar-refractivity contribution in [3.63, 3.8) is 0 Å². The Bertz CT molecular complexity index is 1320. The summed E-state index contributed by atoms with van der Waals surface area (Å²) >= 11 is 0. The molecule has 4 aromatic rings. The average molecular weight is 448 g/mol. The molecule has 4 rings (SSSR count). The zero-order chi connectivity index (χ0) is 23.5. The van der Waals surface area contributed by atoms with E-state index < -0.39 is 5.91 Å². The van der Waals surface area contributed by atoms with Crippen molar-refractivity contribution in [2.45, 2.75) is 27.0 Å². The molecule has 33 heavy (non-hydrogen) atoms. The number of ether oxygens (including phenoxy) is 2. The van der Waals surface area contributed by atoms with Gasteiger partial charge in [-0.3, -0.25) is 19.6 Å². The number of rotatable bonds is 8. The third kappa shape index (κ3) is 4.64. The van der Waals surface area contributed by atoms with Crippen LogP contribution in [0.4, 0.5) is 5.95 Å². The number of anilines is 1. The second kappa shape index (κ2) is 9.03. The zero-order valence-corrected chi connectivity index (χ0v) is 18.5. The van der Waals surface area contributed by atoms with Gasteiger partial charge in [0, 0.05) is 12.1 Å². The van der Waals surface area contributed by atoms with Crippen molar-refractivity contribution in [1.82, 2.24) is 19.7 Å². The van der Waals surface area contributed by atoms with Gasteiger partial charge in [-0.15, -0.1) is 0 Å². The number of aromatic nitrogens is 4. The summed E-state index contributed by atoms with van der Waals surface area (Å²) in [7, 11) is 1.60. The van der Waals surface area contributed by atoms with Crippen LogP contribution in [0, 0.1) is 6.92 Å². The van der Waals surface area contributed by atoms with Gasteiger partial charge in [-0.2, -0.15) is 5.10 Å². The van der Waals surface area contributed by atoms with Crippen LogP contribution in [-0.2, 0) is 13.2 Å². The number of carbonyl (C=O) groups excluding carboxylic acids is 2. The smallest absolute Gasteiger partial charge is 0.276 e. The molecule has 0 saturated carbocycles. The first-order valence-electron chi connectivity index (χ1n) is 10.3. The van der Waals surface area contributed by atoms with Gasteiger partial charge in [0.1, 0.15) is 29.3 Å². The van der Waals surface area contributed by atoms with Gasteiger partial charge in [0.2, 0.25) is 11.9 Å². The second-order valence-corrected chi connectivity index (χ2v) is 7.40. The van der Waals surface area contributed by atoms with Gasteiger partial charge in [0.05, 0.1) is 18.3 Å². The van der Waals surface area contributed by atoms with Gasteiger partial charge in [-0.1, -0.05) is 12.1 Å².